The van der Waals surface area contributed by atoms with Gasteiger partial charge in [-0.2, -0.15) is 0 Å². The van der Waals surface area contributed by atoms with Gasteiger partial charge in [-0.1, -0.05) is 5.21 Å². The fourth-order valence-corrected chi connectivity index (χ4v) is 2.96. The van der Waals surface area contributed by atoms with E-state index in [9.17, 15) is 4.79 Å². The Balaban J connectivity index is 1.48. The molecule has 0 aliphatic carbocycles. The summed E-state index contributed by atoms with van der Waals surface area (Å²) in [6.45, 7) is 2.43. The van der Waals surface area contributed by atoms with E-state index in [2.05, 4.69) is 15.6 Å². The molecule has 0 spiro atoms. The van der Waals surface area contributed by atoms with Crippen LogP contribution in [0.3, 0.4) is 0 Å². The zero-order chi connectivity index (χ0) is 16.9. The van der Waals surface area contributed by atoms with Crippen molar-refractivity contribution >= 4 is 17.4 Å². The maximum absolute atomic E-state index is 12.4. The van der Waals surface area contributed by atoms with Crippen LogP contribution in [0.25, 0.3) is 0 Å². The minimum atomic E-state index is -0.0215. The van der Waals surface area contributed by atoms with Gasteiger partial charge in [0.1, 0.15) is 0 Å². The molecule has 2 aromatic rings. The molecule has 3 rings (SSSR count). The molecular weight excluding hydrogens is 304 g/mol. The third kappa shape index (κ3) is 4.04. The van der Waals surface area contributed by atoms with E-state index in [1.54, 1.807) is 6.20 Å². The molecule has 1 saturated heterocycles. The van der Waals surface area contributed by atoms with Gasteiger partial charge in [-0.25, -0.2) is 4.79 Å². The maximum atomic E-state index is 12.4. The van der Waals surface area contributed by atoms with Gasteiger partial charge in [-0.3, -0.25) is 4.68 Å². The average molecular weight is 328 g/mol. The van der Waals surface area contributed by atoms with Crippen LogP contribution in [-0.2, 0) is 6.54 Å². The van der Waals surface area contributed by atoms with Gasteiger partial charge in [0.25, 0.3) is 0 Å². The number of aromatic nitrogens is 3. The Hall–Kier alpha value is -2.57. The van der Waals surface area contributed by atoms with Gasteiger partial charge >= 0.3 is 6.03 Å². The highest BCUT2D eigenvalue weighted by Crippen LogP contribution is 2.20. The molecule has 7 nitrogen and oxygen atoms in total. The zero-order valence-electron chi connectivity index (χ0n) is 14.2. The lowest BCUT2D eigenvalue weighted by molar-refractivity contribution is 0.175. The van der Waals surface area contributed by atoms with Gasteiger partial charge < -0.3 is 15.1 Å². The highest BCUT2D eigenvalue weighted by Gasteiger charge is 2.23. The number of amides is 2. The van der Waals surface area contributed by atoms with Crippen LogP contribution < -0.4 is 10.2 Å². The van der Waals surface area contributed by atoms with Gasteiger partial charge in [0.2, 0.25) is 0 Å². The molecule has 24 heavy (non-hydrogen) atoms. The van der Waals surface area contributed by atoms with Crippen molar-refractivity contribution in [3.63, 3.8) is 0 Å². The topological polar surface area (TPSA) is 66.3 Å². The SMILES string of the molecule is CN(C)c1ccc(NC(=O)N2CCC(Cn3ccnn3)CC2)cc1. The lowest BCUT2D eigenvalue weighted by atomic mass is 9.97. The van der Waals surface area contributed by atoms with E-state index in [1.165, 1.54) is 0 Å². The molecular formula is C17H24N6O. The second kappa shape index (κ2) is 7.33. The van der Waals surface area contributed by atoms with Gasteiger partial charge in [-0.05, 0) is 43.0 Å². The summed E-state index contributed by atoms with van der Waals surface area (Å²) in [7, 11) is 3.99. The Labute approximate surface area is 142 Å². The standard InChI is InChI=1S/C17H24N6O/c1-21(2)16-5-3-15(4-6-16)19-17(24)22-10-7-14(8-11-22)13-23-12-9-18-20-23/h3-6,9,12,14H,7-8,10-11,13H2,1-2H3,(H,19,24). The lowest BCUT2D eigenvalue weighted by Gasteiger charge is -2.31. The van der Waals surface area contributed by atoms with Crippen LogP contribution in [0.1, 0.15) is 12.8 Å². The minimum Gasteiger partial charge on any atom is -0.378 e. The second-order valence-corrected chi connectivity index (χ2v) is 6.43. The van der Waals surface area contributed by atoms with E-state index in [0.717, 1.165) is 43.9 Å². The van der Waals surface area contributed by atoms with Crippen molar-refractivity contribution in [3.05, 3.63) is 36.7 Å². The molecule has 0 bridgehead atoms. The lowest BCUT2D eigenvalue weighted by Crippen LogP contribution is -2.41. The van der Waals surface area contributed by atoms with Crippen LogP contribution in [0.15, 0.2) is 36.7 Å². The highest BCUT2D eigenvalue weighted by atomic mass is 16.2. The first-order valence-electron chi connectivity index (χ1n) is 8.29. The van der Waals surface area contributed by atoms with Gasteiger partial charge in [-0.15, -0.1) is 5.10 Å². The van der Waals surface area contributed by atoms with Crippen LogP contribution in [0.5, 0.6) is 0 Å². The number of nitrogens with zero attached hydrogens (tertiary/aromatic N) is 5. The quantitative estimate of drug-likeness (QED) is 0.935. The van der Waals surface area contributed by atoms with Crippen LogP contribution in [-0.4, -0.2) is 53.1 Å². The van der Waals surface area contributed by atoms with Crippen LogP contribution in [0.2, 0.25) is 0 Å². The summed E-state index contributed by atoms with van der Waals surface area (Å²) < 4.78 is 1.87. The number of piperidine rings is 1. The summed E-state index contributed by atoms with van der Waals surface area (Å²) in [5, 5.41) is 10.8. The van der Waals surface area contributed by atoms with E-state index in [4.69, 9.17) is 0 Å². The molecule has 0 radical (unpaired) electrons. The Morgan fingerprint density at radius 3 is 2.54 bits per heavy atom. The van der Waals surface area contributed by atoms with E-state index < -0.39 is 0 Å². The van der Waals surface area contributed by atoms with E-state index in [-0.39, 0.29) is 6.03 Å². The van der Waals surface area contributed by atoms with Crippen LogP contribution in [0.4, 0.5) is 16.2 Å². The predicted molar refractivity (Wildman–Crippen MR) is 94.1 cm³/mol. The van der Waals surface area contributed by atoms with Crippen molar-refractivity contribution in [2.24, 2.45) is 5.92 Å². The highest BCUT2D eigenvalue weighted by molar-refractivity contribution is 5.89. The summed E-state index contributed by atoms with van der Waals surface area (Å²) in [4.78, 5) is 16.3. The molecule has 0 saturated carbocycles. The monoisotopic (exact) mass is 328 g/mol. The van der Waals surface area contributed by atoms with Crippen molar-refractivity contribution in [2.45, 2.75) is 19.4 Å². The number of anilines is 2. The number of carbonyl (C=O) groups is 1. The van der Waals surface area contributed by atoms with Crippen molar-refractivity contribution in [1.82, 2.24) is 19.9 Å². The maximum Gasteiger partial charge on any atom is 0.321 e. The molecule has 1 aliphatic rings. The summed E-state index contributed by atoms with van der Waals surface area (Å²) in [6.07, 6.45) is 5.57. The van der Waals surface area contributed by atoms with Crippen molar-refractivity contribution in [2.75, 3.05) is 37.4 Å². The Morgan fingerprint density at radius 2 is 1.96 bits per heavy atom. The average Bonchev–Trinajstić information content (AvgIpc) is 3.09. The molecule has 2 heterocycles. The van der Waals surface area contributed by atoms with Gasteiger partial charge in [0, 0.05) is 51.3 Å². The fraction of sp³-hybridized carbons (Fsp3) is 0.471. The molecule has 128 valence electrons. The number of nitrogens with one attached hydrogen (secondary N) is 1. The minimum absolute atomic E-state index is 0.0215. The van der Waals surface area contributed by atoms with E-state index in [1.807, 2.05) is 59.0 Å². The van der Waals surface area contributed by atoms with Gasteiger partial charge in [0.05, 0.1) is 6.20 Å². The number of urea groups is 1. The largest absolute Gasteiger partial charge is 0.378 e. The summed E-state index contributed by atoms with van der Waals surface area (Å²) in [6, 6.07) is 7.85. The molecule has 7 heteroatoms. The summed E-state index contributed by atoms with van der Waals surface area (Å²) >= 11 is 0. The third-order valence-electron chi connectivity index (χ3n) is 4.45. The normalized spacial score (nSPS) is 15.3. The van der Waals surface area contributed by atoms with Crippen molar-refractivity contribution in [1.29, 1.82) is 0 Å². The number of benzene rings is 1. The Morgan fingerprint density at radius 1 is 1.25 bits per heavy atom. The molecule has 1 N–H and O–H groups in total. The fourth-order valence-electron chi connectivity index (χ4n) is 2.96. The predicted octanol–water partition coefficient (Wildman–Crippen LogP) is 2.29. The number of likely N-dealkylation sites (tertiary alicyclic amines) is 1. The first-order valence-corrected chi connectivity index (χ1v) is 8.29. The van der Waals surface area contributed by atoms with Crippen LogP contribution >= 0.6 is 0 Å². The number of hydrogen-bond acceptors (Lipinski definition) is 4. The van der Waals surface area contributed by atoms with Crippen LogP contribution in [0, 0.1) is 5.92 Å². The molecule has 1 aromatic carbocycles. The first-order chi connectivity index (χ1) is 11.6. The summed E-state index contributed by atoms with van der Waals surface area (Å²) in [5.74, 6) is 0.551. The van der Waals surface area contributed by atoms with Crippen molar-refractivity contribution in [3.8, 4) is 0 Å². The molecule has 1 fully saturated rings. The van der Waals surface area contributed by atoms with E-state index in [0.29, 0.717) is 5.92 Å². The number of carbonyl (C=O) groups excluding carboxylic acids is 1. The third-order valence-corrected chi connectivity index (χ3v) is 4.45. The van der Waals surface area contributed by atoms with Crippen molar-refractivity contribution < 1.29 is 4.79 Å². The van der Waals surface area contributed by atoms with E-state index >= 15 is 0 Å². The molecule has 1 aliphatic heterocycles. The van der Waals surface area contributed by atoms with Gasteiger partial charge in [0.15, 0.2) is 0 Å². The molecule has 2 amide bonds. The molecule has 1 aromatic heterocycles. The number of hydrogen-bond donors (Lipinski definition) is 1. The molecule has 0 unspecified atom stereocenters. The number of rotatable bonds is 4. The Bertz CT molecular complexity index is 644. The second-order valence-electron chi connectivity index (χ2n) is 6.43. The molecule has 0 atom stereocenters. The first kappa shape index (κ1) is 16.3. The smallest absolute Gasteiger partial charge is 0.321 e. The zero-order valence-corrected chi connectivity index (χ0v) is 14.2. The summed E-state index contributed by atoms with van der Waals surface area (Å²) in [5.41, 5.74) is 1.94. The Kier molecular flexibility index (Phi) is 4.98.